The molecule has 1 saturated heterocycles. The van der Waals surface area contributed by atoms with E-state index in [-0.39, 0.29) is 0 Å². The Hall–Kier alpha value is -1.37. The van der Waals surface area contributed by atoms with Crippen molar-refractivity contribution in [3.63, 3.8) is 0 Å². The summed E-state index contributed by atoms with van der Waals surface area (Å²) in [4.78, 5) is 21.2. The van der Waals surface area contributed by atoms with Gasteiger partial charge in [-0.3, -0.25) is 0 Å². The van der Waals surface area contributed by atoms with Gasteiger partial charge < -0.3 is 19.9 Å². The first kappa shape index (κ1) is 19.7. The van der Waals surface area contributed by atoms with E-state index in [0.29, 0.717) is 0 Å². The lowest BCUT2D eigenvalue weighted by Gasteiger charge is -2.24. The van der Waals surface area contributed by atoms with E-state index in [1.54, 1.807) is 16.0 Å². The zero-order valence-electron chi connectivity index (χ0n) is 13.1. The zero-order chi connectivity index (χ0) is 17.2. The van der Waals surface area contributed by atoms with Gasteiger partial charge in [-0.1, -0.05) is 11.6 Å². The number of halogens is 1. The second-order valence-corrected chi connectivity index (χ2v) is 6.73. The van der Waals surface area contributed by atoms with Crippen LogP contribution in [0.15, 0.2) is 23.1 Å². The van der Waals surface area contributed by atoms with Crippen molar-refractivity contribution >= 4 is 40.4 Å². The second kappa shape index (κ2) is 10.4. The van der Waals surface area contributed by atoms with Gasteiger partial charge >= 0.3 is 5.97 Å². The number of carbonyl (C=O) groups excluding carboxylic acids is 1. The van der Waals surface area contributed by atoms with E-state index < -0.39 is 11.9 Å². The van der Waals surface area contributed by atoms with Crippen LogP contribution >= 0.6 is 22.9 Å². The summed E-state index contributed by atoms with van der Waals surface area (Å²) in [7, 11) is 2.29. The predicted molar refractivity (Wildman–Crippen MR) is 89.7 cm³/mol. The molecule has 0 aliphatic carbocycles. The van der Waals surface area contributed by atoms with Crippen LogP contribution in [0.5, 0.6) is 0 Å². The van der Waals surface area contributed by atoms with Gasteiger partial charge in [0.15, 0.2) is 5.97 Å². The minimum Gasteiger partial charge on any atom is -0.539 e. The van der Waals surface area contributed by atoms with Crippen LogP contribution in [0.3, 0.4) is 0 Å². The monoisotopic (exact) mass is 359 g/mol. The van der Waals surface area contributed by atoms with Crippen LogP contribution in [-0.2, 0) is 9.59 Å². The fraction of sp³-hybridized carbons (Fsp3) is 0.500. The molecule has 1 fully saturated rings. The Kier molecular flexibility index (Phi) is 8.91. The molecule has 0 amide bonds. The average molecular weight is 360 g/mol. The van der Waals surface area contributed by atoms with Crippen LogP contribution < -0.4 is 10.0 Å². The number of thiophene rings is 1. The molecule has 0 bridgehead atoms. The van der Waals surface area contributed by atoms with E-state index in [2.05, 4.69) is 24.6 Å². The highest BCUT2D eigenvalue weighted by molar-refractivity contribution is 7.11. The smallest absolute Gasteiger partial charge is 0.351 e. The van der Waals surface area contributed by atoms with Crippen molar-refractivity contribution in [2.45, 2.75) is 25.7 Å². The number of hydrogen-bond acceptors (Lipinski definition) is 4. The number of aliphatic carboxylic acids is 2. The predicted octanol–water partition coefficient (Wildman–Crippen LogP) is 0.650. The summed E-state index contributed by atoms with van der Waals surface area (Å²) in [6.07, 6.45) is 4.78. The number of quaternary nitrogens is 1. The Bertz CT molecular complexity index is 520. The van der Waals surface area contributed by atoms with Crippen LogP contribution in [0, 0.1) is 0 Å². The van der Waals surface area contributed by atoms with Gasteiger partial charge in [-0.05, 0) is 29.9 Å². The molecule has 2 heterocycles. The number of nitrogens with one attached hydrogen (secondary N) is 1. The lowest BCUT2D eigenvalue weighted by molar-refractivity contribution is -0.882. The van der Waals surface area contributed by atoms with Crippen LogP contribution in [-0.4, -0.2) is 43.1 Å². The van der Waals surface area contributed by atoms with Gasteiger partial charge in [0.25, 0.3) is 0 Å². The minimum absolute atomic E-state index is 0.771. The second-order valence-electron chi connectivity index (χ2n) is 5.40. The van der Waals surface area contributed by atoms with Gasteiger partial charge in [0, 0.05) is 23.6 Å². The fourth-order valence-electron chi connectivity index (χ4n) is 2.45. The van der Waals surface area contributed by atoms with E-state index in [0.717, 1.165) is 18.7 Å². The molecular weight excluding hydrogens is 338 g/mol. The Morgan fingerprint density at radius 3 is 2.43 bits per heavy atom. The molecule has 1 aliphatic heterocycles. The van der Waals surface area contributed by atoms with E-state index in [1.165, 1.54) is 30.8 Å². The van der Waals surface area contributed by atoms with E-state index >= 15 is 0 Å². The molecule has 5 nitrogen and oxygen atoms in total. The molecule has 0 saturated carbocycles. The molecule has 1 aliphatic rings. The number of rotatable bonds is 4. The van der Waals surface area contributed by atoms with Gasteiger partial charge in [0.1, 0.15) is 0 Å². The molecule has 0 atom stereocenters. The van der Waals surface area contributed by atoms with Gasteiger partial charge in [-0.2, -0.15) is 0 Å². The van der Waals surface area contributed by atoms with Crippen molar-refractivity contribution in [1.82, 2.24) is 0 Å². The molecule has 2 N–H and O–H groups in total. The fourth-order valence-corrected chi connectivity index (χ4v) is 3.43. The van der Waals surface area contributed by atoms with Gasteiger partial charge in [0.2, 0.25) is 0 Å². The van der Waals surface area contributed by atoms with E-state index in [4.69, 9.17) is 31.4 Å². The first-order valence-electron chi connectivity index (χ1n) is 7.52. The van der Waals surface area contributed by atoms with Crippen LogP contribution in [0.4, 0.5) is 0 Å². The number of hydrogen-bond donors (Lipinski definition) is 2. The Morgan fingerprint density at radius 2 is 2.00 bits per heavy atom. The van der Waals surface area contributed by atoms with Gasteiger partial charge in [-0.25, -0.2) is 4.79 Å². The van der Waals surface area contributed by atoms with Crippen LogP contribution in [0.2, 0.25) is 0 Å². The quantitative estimate of drug-likeness (QED) is 0.611. The highest BCUT2D eigenvalue weighted by Crippen LogP contribution is 2.31. The summed E-state index contributed by atoms with van der Waals surface area (Å²) in [5, 5.41) is 18.5. The summed E-state index contributed by atoms with van der Waals surface area (Å²) < 4.78 is 0. The number of alkyl halides is 1. The molecule has 1 aromatic rings. The molecule has 0 unspecified atom stereocenters. The molecule has 128 valence electrons. The summed E-state index contributed by atoms with van der Waals surface area (Å²) in [6.45, 7) is 2.57. The number of carbonyl (C=O) groups is 2. The molecule has 23 heavy (non-hydrogen) atoms. The van der Waals surface area contributed by atoms with Gasteiger partial charge in [0.05, 0.1) is 20.1 Å². The average Bonchev–Trinajstić information content (AvgIpc) is 3.04. The molecule has 7 heteroatoms. The SMILES string of the molecule is C[NH+]1CCC(=C(CCCCl)c2cccs2)CC1.O=C([O-])C(=O)O. The maximum atomic E-state index is 9.04. The minimum atomic E-state index is -2.07. The lowest BCUT2D eigenvalue weighted by atomic mass is 9.94. The molecule has 2 rings (SSSR count). The van der Waals surface area contributed by atoms with Crippen molar-refractivity contribution in [3.8, 4) is 0 Å². The molecular formula is C16H22ClNO4S. The first-order chi connectivity index (χ1) is 11.0. The third kappa shape index (κ3) is 7.16. The molecule has 0 aromatic carbocycles. The highest BCUT2D eigenvalue weighted by atomic mass is 35.5. The Balaban J connectivity index is 0.000000379. The summed E-state index contributed by atoms with van der Waals surface area (Å²) in [5.41, 5.74) is 3.27. The molecule has 1 aromatic heterocycles. The van der Waals surface area contributed by atoms with Crippen molar-refractivity contribution in [2.24, 2.45) is 0 Å². The number of allylic oxidation sites excluding steroid dienone is 1. The Labute approximate surface area is 145 Å². The zero-order valence-corrected chi connectivity index (χ0v) is 14.7. The van der Waals surface area contributed by atoms with Crippen LogP contribution in [0.25, 0.3) is 5.57 Å². The standard InChI is InChI=1S/C14H20ClNS.C2H2O4/c1-16-9-6-12(7-10-16)13(4-2-8-15)14-5-3-11-17-14;3-1(4)2(5)6/h3,5,11H,2,4,6-10H2,1H3;(H,3,4)(H,5,6). The van der Waals surface area contributed by atoms with Crippen molar-refractivity contribution in [3.05, 3.63) is 28.0 Å². The van der Waals surface area contributed by atoms with Crippen LogP contribution in [0.1, 0.15) is 30.6 Å². The summed E-state index contributed by atoms with van der Waals surface area (Å²) in [6, 6.07) is 4.41. The molecule has 0 spiro atoms. The summed E-state index contributed by atoms with van der Waals surface area (Å²) >= 11 is 7.71. The first-order valence-corrected chi connectivity index (χ1v) is 8.93. The number of carboxylic acid groups (broad SMARTS) is 2. The van der Waals surface area contributed by atoms with Crippen molar-refractivity contribution < 1.29 is 24.7 Å². The number of piperidine rings is 1. The lowest BCUT2D eigenvalue weighted by Crippen LogP contribution is -3.09. The van der Waals surface area contributed by atoms with Gasteiger partial charge in [-0.15, -0.1) is 22.9 Å². The van der Waals surface area contributed by atoms with Crippen molar-refractivity contribution in [2.75, 3.05) is 26.0 Å². The van der Waals surface area contributed by atoms with E-state index in [1.807, 2.05) is 11.3 Å². The number of carboxylic acids is 2. The highest BCUT2D eigenvalue weighted by Gasteiger charge is 2.17. The number of likely N-dealkylation sites (tertiary alicyclic amines) is 1. The largest absolute Gasteiger partial charge is 0.539 e. The third-order valence-electron chi connectivity index (χ3n) is 3.69. The van der Waals surface area contributed by atoms with Crippen molar-refractivity contribution in [1.29, 1.82) is 0 Å². The molecule has 0 radical (unpaired) electrons. The Morgan fingerprint density at radius 1 is 1.39 bits per heavy atom. The summed E-state index contributed by atoms with van der Waals surface area (Å²) in [5.74, 6) is -3.24. The maximum absolute atomic E-state index is 9.04. The van der Waals surface area contributed by atoms with E-state index in [9.17, 15) is 0 Å². The maximum Gasteiger partial charge on any atom is 0.351 e. The third-order valence-corrected chi connectivity index (χ3v) is 4.88. The topological polar surface area (TPSA) is 81.9 Å². The normalized spacial score (nSPS) is 17.1.